The van der Waals surface area contributed by atoms with Crippen LogP contribution >= 0.6 is 0 Å². The van der Waals surface area contributed by atoms with Gasteiger partial charge in [0.25, 0.3) is 0 Å². The summed E-state index contributed by atoms with van der Waals surface area (Å²) in [4.78, 5) is 22.8. The zero-order chi connectivity index (χ0) is 12.0. The minimum atomic E-state index is -0.150. The number of carbonyl (C=O) groups excluding carboxylic acids is 2. The maximum Gasteiger partial charge on any atom is 0.247 e. The van der Waals surface area contributed by atoms with Gasteiger partial charge in [-0.15, -0.1) is 0 Å². The molecule has 0 aromatic heterocycles. The minimum Gasteiger partial charge on any atom is -0.355 e. The first-order chi connectivity index (χ1) is 7.65. The Morgan fingerprint density at radius 3 is 2.50 bits per heavy atom. The second kappa shape index (κ2) is 6.27. The first-order valence-electron chi connectivity index (χ1n) is 5.59. The molecule has 90 valence electrons. The van der Waals surface area contributed by atoms with Crippen LogP contribution in [0.3, 0.4) is 0 Å². The third kappa shape index (κ3) is 3.66. The molecule has 0 unspecified atom stereocenters. The molecule has 0 aromatic rings. The van der Waals surface area contributed by atoms with E-state index in [4.69, 9.17) is 0 Å². The van der Waals surface area contributed by atoms with Gasteiger partial charge in [0.15, 0.2) is 0 Å². The molecule has 1 saturated heterocycles. The SMILES string of the molecule is CCCNC(=O)CNC(=O)C(C)=C1CNC1. The summed E-state index contributed by atoms with van der Waals surface area (Å²) in [7, 11) is 0. The average molecular weight is 225 g/mol. The smallest absolute Gasteiger partial charge is 0.247 e. The molecule has 2 amide bonds. The molecule has 0 saturated carbocycles. The van der Waals surface area contributed by atoms with Crippen LogP contribution in [0.1, 0.15) is 20.3 Å². The van der Waals surface area contributed by atoms with E-state index in [0.29, 0.717) is 6.54 Å². The van der Waals surface area contributed by atoms with Crippen LogP contribution in [0, 0.1) is 0 Å². The Hall–Kier alpha value is -1.36. The second-order valence-corrected chi connectivity index (χ2v) is 3.86. The number of hydrogen-bond donors (Lipinski definition) is 3. The van der Waals surface area contributed by atoms with Crippen molar-refractivity contribution in [1.29, 1.82) is 0 Å². The van der Waals surface area contributed by atoms with Gasteiger partial charge < -0.3 is 16.0 Å². The Kier molecular flexibility index (Phi) is 4.98. The molecular formula is C11H19N3O2. The first kappa shape index (κ1) is 12.7. The predicted octanol–water partition coefficient (Wildman–Crippen LogP) is -0.451. The van der Waals surface area contributed by atoms with E-state index in [1.807, 2.05) is 6.92 Å². The lowest BCUT2D eigenvalue weighted by atomic mass is 10.0. The van der Waals surface area contributed by atoms with Crippen molar-refractivity contribution in [3.63, 3.8) is 0 Å². The van der Waals surface area contributed by atoms with Crippen LogP contribution in [0.25, 0.3) is 0 Å². The summed E-state index contributed by atoms with van der Waals surface area (Å²) < 4.78 is 0. The van der Waals surface area contributed by atoms with Crippen LogP contribution < -0.4 is 16.0 Å². The van der Waals surface area contributed by atoms with E-state index in [1.54, 1.807) is 6.92 Å². The summed E-state index contributed by atoms with van der Waals surface area (Å²) >= 11 is 0. The van der Waals surface area contributed by atoms with Crippen molar-refractivity contribution in [2.45, 2.75) is 20.3 Å². The molecule has 0 radical (unpaired) electrons. The quantitative estimate of drug-likeness (QED) is 0.555. The zero-order valence-corrected chi connectivity index (χ0v) is 9.85. The number of rotatable bonds is 5. The van der Waals surface area contributed by atoms with Gasteiger partial charge in [0.05, 0.1) is 6.54 Å². The molecule has 3 N–H and O–H groups in total. The molecular weight excluding hydrogens is 206 g/mol. The average Bonchev–Trinajstić information content (AvgIpc) is 2.20. The first-order valence-corrected chi connectivity index (χ1v) is 5.59. The summed E-state index contributed by atoms with van der Waals surface area (Å²) in [5.74, 6) is -0.289. The summed E-state index contributed by atoms with van der Waals surface area (Å²) in [6.07, 6.45) is 0.897. The minimum absolute atomic E-state index is 0.0525. The fourth-order valence-corrected chi connectivity index (χ4v) is 1.30. The van der Waals surface area contributed by atoms with Crippen LogP contribution in [0.15, 0.2) is 11.1 Å². The lowest BCUT2D eigenvalue weighted by molar-refractivity contribution is -0.124. The molecule has 0 aromatic carbocycles. The van der Waals surface area contributed by atoms with E-state index in [0.717, 1.165) is 30.7 Å². The molecule has 5 heteroatoms. The lowest BCUT2D eigenvalue weighted by Gasteiger charge is -2.21. The molecule has 1 heterocycles. The lowest BCUT2D eigenvalue weighted by Crippen LogP contribution is -2.40. The van der Waals surface area contributed by atoms with Gasteiger partial charge in [0, 0.05) is 25.2 Å². The standard InChI is InChI=1S/C11H19N3O2/c1-3-4-13-10(15)7-14-11(16)8(2)9-5-12-6-9/h12H,3-7H2,1-2H3,(H,13,15)(H,14,16). The van der Waals surface area contributed by atoms with Crippen LogP contribution in [0.5, 0.6) is 0 Å². The van der Waals surface area contributed by atoms with Gasteiger partial charge in [-0.05, 0) is 18.9 Å². The number of amides is 2. The Morgan fingerprint density at radius 2 is 2.00 bits per heavy atom. The van der Waals surface area contributed by atoms with Crippen molar-refractivity contribution < 1.29 is 9.59 Å². The Balaban J connectivity index is 2.27. The molecule has 0 bridgehead atoms. The Morgan fingerprint density at radius 1 is 1.31 bits per heavy atom. The monoisotopic (exact) mass is 225 g/mol. The molecule has 1 rings (SSSR count). The van der Waals surface area contributed by atoms with Crippen molar-refractivity contribution in [2.24, 2.45) is 0 Å². The van der Waals surface area contributed by atoms with Gasteiger partial charge in [-0.1, -0.05) is 6.92 Å². The van der Waals surface area contributed by atoms with Gasteiger partial charge in [-0.3, -0.25) is 9.59 Å². The van der Waals surface area contributed by atoms with Gasteiger partial charge in [0.1, 0.15) is 0 Å². The highest BCUT2D eigenvalue weighted by molar-refractivity contribution is 5.96. The fourth-order valence-electron chi connectivity index (χ4n) is 1.30. The van der Waals surface area contributed by atoms with Crippen molar-refractivity contribution in [3.05, 3.63) is 11.1 Å². The highest BCUT2D eigenvalue weighted by Gasteiger charge is 2.16. The van der Waals surface area contributed by atoms with Crippen molar-refractivity contribution in [1.82, 2.24) is 16.0 Å². The van der Waals surface area contributed by atoms with Crippen LogP contribution in [0.4, 0.5) is 0 Å². The molecule has 0 atom stereocenters. The van der Waals surface area contributed by atoms with Crippen molar-refractivity contribution in [2.75, 3.05) is 26.2 Å². The van der Waals surface area contributed by atoms with Crippen LogP contribution in [-0.2, 0) is 9.59 Å². The Labute approximate surface area is 95.7 Å². The zero-order valence-electron chi connectivity index (χ0n) is 9.85. The van der Waals surface area contributed by atoms with Gasteiger partial charge in [0.2, 0.25) is 11.8 Å². The normalized spacial score (nSPS) is 14.0. The van der Waals surface area contributed by atoms with E-state index in [2.05, 4.69) is 16.0 Å². The number of carbonyl (C=O) groups is 2. The maximum atomic E-state index is 11.6. The molecule has 1 aliphatic heterocycles. The summed E-state index contributed by atoms with van der Waals surface area (Å²) in [5.41, 5.74) is 1.84. The van der Waals surface area contributed by atoms with E-state index in [-0.39, 0.29) is 18.4 Å². The topological polar surface area (TPSA) is 70.2 Å². The highest BCUT2D eigenvalue weighted by atomic mass is 16.2. The van der Waals surface area contributed by atoms with Gasteiger partial charge in [-0.2, -0.15) is 0 Å². The van der Waals surface area contributed by atoms with Gasteiger partial charge >= 0.3 is 0 Å². The van der Waals surface area contributed by atoms with Crippen LogP contribution in [-0.4, -0.2) is 38.0 Å². The van der Waals surface area contributed by atoms with E-state index in [1.165, 1.54) is 0 Å². The van der Waals surface area contributed by atoms with E-state index < -0.39 is 0 Å². The summed E-state index contributed by atoms with van der Waals surface area (Å²) in [6.45, 7) is 6.03. The molecule has 0 spiro atoms. The van der Waals surface area contributed by atoms with E-state index in [9.17, 15) is 9.59 Å². The molecule has 0 aliphatic carbocycles. The second-order valence-electron chi connectivity index (χ2n) is 3.86. The summed E-state index contributed by atoms with van der Waals surface area (Å²) in [5, 5.41) is 8.38. The fraction of sp³-hybridized carbons (Fsp3) is 0.636. The Bertz CT molecular complexity index is 304. The summed E-state index contributed by atoms with van der Waals surface area (Å²) in [6, 6.07) is 0. The largest absolute Gasteiger partial charge is 0.355 e. The predicted molar refractivity (Wildman–Crippen MR) is 61.9 cm³/mol. The number of hydrogen-bond acceptors (Lipinski definition) is 3. The van der Waals surface area contributed by atoms with Crippen LogP contribution in [0.2, 0.25) is 0 Å². The maximum absolute atomic E-state index is 11.6. The third-order valence-corrected chi connectivity index (χ3v) is 2.53. The van der Waals surface area contributed by atoms with E-state index >= 15 is 0 Å². The van der Waals surface area contributed by atoms with Crippen molar-refractivity contribution in [3.8, 4) is 0 Å². The van der Waals surface area contributed by atoms with Crippen molar-refractivity contribution >= 4 is 11.8 Å². The molecule has 5 nitrogen and oxygen atoms in total. The van der Waals surface area contributed by atoms with Gasteiger partial charge in [-0.25, -0.2) is 0 Å². The molecule has 16 heavy (non-hydrogen) atoms. The number of nitrogens with one attached hydrogen (secondary N) is 3. The third-order valence-electron chi connectivity index (χ3n) is 2.53. The highest BCUT2D eigenvalue weighted by Crippen LogP contribution is 2.08. The molecule has 1 fully saturated rings. The molecule has 1 aliphatic rings.